The van der Waals surface area contributed by atoms with E-state index in [4.69, 9.17) is 0 Å². The van der Waals surface area contributed by atoms with E-state index in [0.717, 1.165) is 19.3 Å². The average molecular weight is 315 g/mol. The molecule has 1 saturated carbocycles. The van der Waals surface area contributed by atoms with Crippen LogP contribution in [0, 0.1) is 5.92 Å². The second kappa shape index (κ2) is 6.17. The molecular weight excluding hydrogens is 294 g/mol. The van der Waals surface area contributed by atoms with Crippen LogP contribution in [0.25, 0.3) is 0 Å². The number of hydrogen-bond donors (Lipinski definition) is 3. The van der Waals surface area contributed by atoms with Crippen molar-refractivity contribution in [3.8, 4) is 0 Å². The number of carbonyl (C=O) groups excluding carboxylic acids is 1. The van der Waals surface area contributed by atoms with Gasteiger partial charge in [-0.05, 0) is 26.0 Å². The van der Waals surface area contributed by atoms with Gasteiger partial charge in [-0.1, -0.05) is 6.42 Å². The number of aliphatic hydroxyl groups is 1. The number of sulfonamides is 1. The van der Waals surface area contributed by atoms with Crippen molar-refractivity contribution in [2.24, 2.45) is 13.0 Å². The van der Waals surface area contributed by atoms with Gasteiger partial charge in [0, 0.05) is 25.7 Å². The minimum absolute atomic E-state index is 0.0542. The quantitative estimate of drug-likeness (QED) is 0.702. The third-order valence-corrected chi connectivity index (χ3v) is 5.32. The van der Waals surface area contributed by atoms with Gasteiger partial charge in [0.1, 0.15) is 10.6 Å². The van der Waals surface area contributed by atoms with E-state index >= 15 is 0 Å². The zero-order valence-electron chi connectivity index (χ0n) is 12.2. The summed E-state index contributed by atoms with van der Waals surface area (Å²) in [6.45, 7) is 0.402. The molecule has 2 unspecified atom stereocenters. The standard InChI is InChI=1S/C13H21N3O4S/c1-14-21(19,20)10-6-11(16(2)8-10)13(18)15-7-9-4-3-5-12(9)17/h6,8-9,12,14,17H,3-5,7H2,1-2H3,(H,15,18). The molecule has 1 heterocycles. The first-order valence-corrected chi connectivity index (χ1v) is 8.39. The Balaban J connectivity index is 2.06. The van der Waals surface area contributed by atoms with Crippen molar-refractivity contribution in [3.63, 3.8) is 0 Å². The van der Waals surface area contributed by atoms with Crippen molar-refractivity contribution >= 4 is 15.9 Å². The number of hydrogen-bond acceptors (Lipinski definition) is 4. The van der Waals surface area contributed by atoms with Gasteiger partial charge < -0.3 is 15.0 Å². The van der Waals surface area contributed by atoms with Gasteiger partial charge in [0.25, 0.3) is 5.91 Å². The van der Waals surface area contributed by atoms with E-state index in [0.29, 0.717) is 6.54 Å². The lowest BCUT2D eigenvalue weighted by atomic mass is 10.1. The molecule has 1 fully saturated rings. The zero-order chi connectivity index (χ0) is 15.6. The van der Waals surface area contributed by atoms with Crippen molar-refractivity contribution in [1.82, 2.24) is 14.6 Å². The normalized spacial score (nSPS) is 22.4. The summed E-state index contributed by atoms with van der Waals surface area (Å²) in [7, 11) is -0.622. The molecule has 0 radical (unpaired) electrons. The summed E-state index contributed by atoms with van der Waals surface area (Å²) >= 11 is 0. The molecule has 0 bridgehead atoms. The summed E-state index contributed by atoms with van der Waals surface area (Å²) in [6.07, 6.45) is 3.67. The van der Waals surface area contributed by atoms with Gasteiger partial charge in [0.2, 0.25) is 10.0 Å². The monoisotopic (exact) mass is 315 g/mol. The van der Waals surface area contributed by atoms with Crippen LogP contribution in [0.1, 0.15) is 29.8 Å². The van der Waals surface area contributed by atoms with E-state index in [2.05, 4.69) is 10.0 Å². The molecule has 1 amide bonds. The summed E-state index contributed by atoms with van der Waals surface area (Å²) < 4.78 is 27.1. The minimum atomic E-state index is -3.56. The Morgan fingerprint density at radius 2 is 2.19 bits per heavy atom. The number of aromatic nitrogens is 1. The maximum Gasteiger partial charge on any atom is 0.267 e. The van der Waals surface area contributed by atoms with E-state index < -0.39 is 10.0 Å². The first-order chi connectivity index (χ1) is 9.85. The van der Waals surface area contributed by atoms with Crippen LogP contribution in [-0.2, 0) is 17.1 Å². The molecular formula is C13H21N3O4S. The number of aliphatic hydroxyl groups excluding tert-OH is 1. The average Bonchev–Trinajstić information content (AvgIpc) is 3.02. The maximum absolute atomic E-state index is 12.1. The highest BCUT2D eigenvalue weighted by Crippen LogP contribution is 2.24. The number of aryl methyl sites for hydroxylation is 1. The van der Waals surface area contributed by atoms with Crippen molar-refractivity contribution in [2.75, 3.05) is 13.6 Å². The van der Waals surface area contributed by atoms with Crippen molar-refractivity contribution < 1.29 is 18.3 Å². The Hall–Kier alpha value is -1.38. The van der Waals surface area contributed by atoms with Crippen molar-refractivity contribution in [1.29, 1.82) is 0 Å². The van der Waals surface area contributed by atoms with Crippen LogP contribution in [0.5, 0.6) is 0 Å². The third kappa shape index (κ3) is 3.45. The lowest BCUT2D eigenvalue weighted by molar-refractivity contribution is 0.0909. The van der Waals surface area contributed by atoms with Crippen LogP contribution >= 0.6 is 0 Å². The molecule has 2 atom stereocenters. The Labute approximate surface area is 124 Å². The highest BCUT2D eigenvalue weighted by Gasteiger charge is 2.26. The molecule has 3 N–H and O–H groups in total. The fraction of sp³-hybridized carbons (Fsp3) is 0.615. The first kappa shape index (κ1) is 16.0. The topological polar surface area (TPSA) is 100 Å². The van der Waals surface area contributed by atoms with E-state index in [1.54, 1.807) is 7.05 Å². The van der Waals surface area contributed by atoms with E-state index in [1.165, 1.54) is 23.9 Å². The van der Waals surface area contributed by atoms with Crippen LogP contribution in [0.15, 0.2) is 17.2 Å². The van der Waals surface area contributed by atoms with E-state index in [-0.39, 0.29) is 28.5 Å². The first-order valence-electron chi connectivity index (χ1n) is 6.91. The molecule has 1 aromatic rings. The molecule has 21 heavy (non-hydrogen) atoms. The van der Waals surface area contributed by atoms with E-state index in [1.807, 2.05) is 0 Å². The summed E-state index contributed by atoms with van der Waals surface area (Å²) in [5.41, 5.74) is 0.274. The summed E-state index contributed by atoms with van der Waals surface area (Å²) in [5.74, 6) is -0.260. The van der Waals surface area contributed by atoms with Gasteiger partial charge in [-0.3, -0.25) is 4.79 Å². The van der Waals surface area contributed by atoms with Crippen LogP contribution in [0.3, 0.4) is 0 Å². The summed E-state index contributed by atoms with van der Waals surface area (Å²) in [5, 5.41) is 12.5. The Kier molecular flexibility index (Phi) is 4.70. The van der Waals surface area contributed by atoms with Crippen molar-refractivity contribution in [2.45, 2.75) is 30.3 Å². The van der Waals surface area contributed by atoms with Gasteiger partial charge >= 0.3 is 0 Å². The predicted octanol–water partition coefficient (Wildman–Crippen LogP) is -0.176. The molecule has 1 aliphatic rings. The number of nitrogens with zero attached hydrogens (tertiary/aromatic N) is 1. The smallest absolute Gasteiger partial charge is 0.267 e. The molecule has 118 valence electrons. The molecule has 2 rings (SSSR count). The number of rotatable bonds is 5. The Morgan fingerprint density at radius 3 is 2.76 bits per heavy atom. The zero-order valence-corrected chi connectivity index (χ0v) is 13.0. The molecule has 0 aromatic carbocycles. The summed E-state index contributed by atoms with van der Waals surface area (Å²) in [4.78, 5) is 12.2. The van der Waals surface area contributed by atoms with Gasteiger partial charge in [-0.15, -0.1) is 0 Å². The fourth-order valence-electron chi connectivity index (χ4n) is 2.59. The van der Waals surface area contributed by atoms with Crippen LogP contribution in [0.2, 0.25) is 0 Å². The maximum atomic E-state index is 12.1. The molecule has 7 nitrogen and oxygen atoms in total. The van der Waals surface area contributed by atoms with E-state index in [9.17, 15) is 18.3 Å². The number of carbonyl (C=O) groups is 1. The largest absolute Gasteiger partial charge is 0.393 e. The predicted molar refractivity (Wildman–Crippen MR) is 77.3 cm³/mol. The van der Waals surface area contributed by atoms with Crippen LogP contribution in [-0.4, -0.2) is 43.7 Å². The highest BCUT2D eigenvalue weighted by molar-refractivity contribution is 7.89. The fourth-order valence-corrected chi connectivity index (χ4v) is 3.39. The number of amides is 1. The molecule has 0 spiro atoms. The Morgan fingerprint density at radius 1 is 1.48 bits per heavy atom. The van der Waals surface area contributed by atoms with Crippen LogP contribution in [0.4, 0.5) is 0 Å². The lowest BCUT2D eigenvalue weighted by Crippen LogP contribution is -2.33. The lowest BCUT2D eigenvalue weighted by Gasteiger charge is -2.15. The SMILES string of the molecule is CNS(=O)(=O)c1cc(C(=O)NCC2CCCC2O)n(C)c1. The minimum Gasteiger partial charge on any atom is -0.393 e. The highest BCUT2D eigenvalue weighted by atomic mass is 32.2. The molecule has 1 aliphatic carbocycles. The molecule has 0 aliphatic heterocycles. The van der Waals surface area contributed by atoms with Crippen molar-refractivity contribution in [3.05, 3.63) is 18.0 Å². The Bertz CT molecular complexity index is 623. The summed E-state index contributed by atoms with van der Waals surface area (Å²) in [6, 6.07) is 1.34. The third-order valence-electron chi connectivity index (χ3n) is 3.94. The van der Waals surface area contributed by atoms with Gasteiger partial charge in [0.15, 0.2) is 0 Å². The molecule has 8 heteroatoms. The second-order valence-corrected chi connectivity index (χ2v) is 7.23. The van der Waals surface area contributed by atoms with Gasteiger partial charge in [-0.2, -0.15) is 0 Å². The second-order valence-electron chi connectivity index (χ2n) is 5.35. The molecule has 1 aromatic heterocycles. The number of nitrogens with one attached hydrogen (secondary N) is 2. The van der Waals surface area contributed by atoms with Crippen LogP contribution < -0.4 is 10.0 Å². The van der Waals surface area contributed by atoms with Gasteiger partial charge in [-0.25, -0.2) is 13.1 Å². The van der Waals surface area contributed by atoms with Gasteiger partial charge in [0.05, 0.1) is 6.10 Å². The molecule has 0 saturated heterocycles.